The average molecular weight is 1920 g/mol. The summed E-state index contributed by atoms with van der Waals surface area (Å²) in [7, 11) is 1.25. The summed E-state index contributed by atoms with van der Waals surface area (Å²) in [6.45, 7) is 57.1. The summed E-state index contributed by atoms with van der Waals surface area (Å²) in [6.07, 6.45) is 13.2. The van der Waals surface area contributed by atoms with E-state index < -0.39 is 17.9 Å². The largest absolute Gasteiger partial charge is 1.00 e. The van der Waals surface area contributed by atoms with Crippen molar-refractivity contribution in [1.82, 2.24) is 11.1 Å². The van der Waals surface area contributed by atoms with Crippen molar-refractivity contribution in [2.75, 3.05) is 18.5 Å². The van der Waals surface area contributed by atoms with Crippen molar-refractivity contribution in [1.29, 1.82) is 5.26 Å². The molecular weight excluding hydrogens is 1770 g/mol. The predicted octanol–water partition coefficient (Wildman–Crippen LogP) is 24.7. The summed E-state index contributed by atoms with van der Waals surface area (Å²) in [5.41, 5.74) is 44.5. The van der Waals surface area contributed by atoms with Gasteiger partial charge in [-0.1, -0.05) is 278 Å². The molecule has 2 unspecified atom stereocenters. The monoisotopic (exact) mass is 1920 g/mol. The van der Waals surface area contributed by atoms with Gasteiger partial charge < -0.3 is 46.4 Å². The van der Waals surface area contributed by atoms with Crippen LogP contribution in [0.15, 0.2) is 209 Å². The summed E-state index contributed by atoms with van der Waals surface area (Å²) >= 11 is 6.71. The van der Waals surface area contributed by atoms with E-state index in [-0.39, 0.29) is 78.2 Å². The van der Waals surface area contributed by atoms with Crippen molar-refractivity contribution < 1.29 is 90.3 Å². The SMILES string of the molecule is CC.CC(C)=CCBr.CC(C)=CCC(CO)c1ccc(C)cc1C.CC(C)=CCCc1ccc(C)cc1C.Cc1ccc(C(=O)O)c(C)c1.Cc1ccc(C(=O)O)c(O)c1.Cc1ccc(C2CCC(C)(C)OC2)c(C)c1.Cc1ccc(CBr)c(C)c1.Cc1ccc(CC#N)c(C)c1.Cc1ccc(CC(=O)O)c(C)c1.Cc1ccc(CO)c(C)c1.O=C=O.[2H]C.[N-]=NNNN=O.[Na+]. The number of aliphatic carboxylic acids is 1. The number of aromatic carboxylic acids is 2. The average Bonchev–Trinajstić information content (AvgIpc) is 0.842. The molecule has 0 spiro atoms. The maximum Gasteiger partial charge on any atom is 1.00 e. The molecule has 19 nitrogen and oxygen atoms in total. The summed E-state index contributed by atoms with van der Waals surface area (Å²) in [5.74, 6) is -2.10. The molecule has 2 atom stereocenters. The van der Waals surface area contributed by atoms with Crippen molar-refractivity contribution >= 4 is 55.9 Å². The number of allylic oxidation sites excluding steroid dienone is 6. The molecule has 22 heteroatoms. The van der Waals surface area contributed by atoms with Crippen LogP contribution in [0, 0.1) is 134 Å². The third kappa shape index (κ3) is 59.3. The maximum absolute atomic E-state index is 10.5. The maximum atomic E-state index is 10.5. The number of nitroso groups, excluding NO2 is 1. The van der Waals surface area contributed by atoms with Gasteiger partial charge in [0.1, 0.15) is 11.3 Å². The van der Waals surface area contributed by atoms with Crippen LogP contribution in [0.3, 0.4) is 0 Å². The first-order chi connectivity index (χ1) is 61.2. The third-order valence-corrected chi connectivity index (χ3v) is 20.5. The summed E-state index contributed by atoms with van der Waals surface area (Å²) in [6, 6.07) is 56.3. The fourth-order valence-corrected chi connectivity index (χ4v) is 13.8. The number of aromatic hydroxyl groups is 1. The Bertz CT molecular complexity index is 4890. The molecule has 1 fully saturated rings. The van der Waals surface area contributed by atoms with Gasteiger partial charge in [0, 0.05) is 23.9 Å². The normalized spacial score (nSPS) is 11.2. The number of halogens is 2. The number of nitriles is 1. The minimum Gasteiger partial charge on any atom is -0.507 e. The number of carbonyl (C=O) groups excluding carboxylic acids is 2. The van der Waals surface area contributed by atoms with Gasteiger partial charge in [0.05, 0.1) is 55.2 Å². The minimum atomic E-state index is -1.11. The molecule has 1 saturated heterocycles. The molecule has 0 radical (unpaired) electrons. The van der Waals surface area contributed by atoms with Crippen molar-refractivity contribution in [3.05, 3.63) is 354 Å². The van der Waals surface area contributed by atoms with E-state index in [2.05, 4.69) is 269 Å². The van der Waals surface area contributed by atoms with E-state index >= 15 is 0 Å². The quantitative estimate of drug-likeness (QED) is 0.00709. The summed E-state index contributed by atoms with van der Waals surface area (Å²) in [5, 5.41) is 67.8. The van der Waals surface area contributed by atoms with Crippen molar-refractivity contribution in [2.24, 2.45) is 10.5 Å². The molecule has 8 N–H and O–H groups in total. The number of carboxylic acid groups (broad SMARTS) is 3. The topological polar surface area (TPSA) is 328 Å². The van der Waals surface area contributed by atoms with Crippen molar-refractivity contribution in [3.63, 3.8) is 0 Å². The second kappa shape index (κ2) is 73.6. The van der Waals surface area contributed by atoms with Gasteiger partial charge in [-0.3, -0.25) is 10.0 Å². The molecule has 9 aromatic carbocycles. The molecule has 1 aliphatic rings. The number of aliphatic hydroxyl groups is 2. The van der Waals surface area contributed by atoms with Crippen LogP contribution >= 0.6 is 31.9 Å². The molecular formula is C108H149Br2N6NaO13. The van der Waals surface area contributed by atoms with Gasteiger partial charge in [-0.2, -0.15) is 14.9 Å². The van der Waals surface area contributed by atoms with Crippen molar-refractivity contribution in [2.45, 2.75) is 269 Å². The predicted molar refractivity (Wildman–Crippen MR) is 541 cm³/mol. The fourth-order valence-electron chi connectivity index (χ4n) is 12.6. The molecule has 9 aromatic rings. The summed E-state index contributed by atoms with van der Waals surface area (Å²) in [4.78, 5) is 56.5. The molecule has 1 aliphatic heterocycles. The zero-order chi connectivity index (χ0) is 100. The van der Waals surface area contributed by atoms with Crippen LogP contribution in [-0.4, -0.2) is 78.8 Å². The molecule has 0 amide bonds. The Morgan fingerprint density at radius 2 is 0.915 bits per heavy atom. The molecule has 10 rings (SSSR count). The van der Waals surface area contributed by atoms with E-state index in [1.807, 2.05) is 104 Å². The van der Waals surface area contributed by atoms with Crippen LogP contribution in [0.25, 0.3) is 5.53 Å². The Kier molecular flexibility index (Phi) is 71.4. The van der Waals surface area contributed by atoms with Crippen molar-refractivity contribution in [3.8, 4) is 11.8 Å². The Morgan fingerprint density at radius 1 is 0.538 bits per heavy atom. The Labute approximate surface area is 819 Å². The number of rotatable bonds is 19. The Balaban J connectivity index is -0.000000445. The number of nitrogens with zero attached hydrogens (tertiary/aromatic N) is 4. The number of nitrogens with one attached hydrogen (secondary N) is 2. The first-order valence-electron chi connectivity index (χ1n) is 43.7. The molecule has 0 aliphatic carbocycles. The zero-order valence-corrected chi connectivity index (χ0v) is 88.2. The Hall–Kier alpha value is -10.1. The number of benzene rings is 9. The number of ether oxygens (including phenoxy) is 1. The third-order valence-electron chi connectivity index (χ3n) is 19.5. The van der Waals surface area contributed by atoms with E-state index in [4.69, 9.17) is 56.9 Å². The van der Waals surface area contributed by atoms with E-state index in [1.165, 1.54) is 137 Å². The number of carbonyl (C=O) groups is 3. The minimum absolute atomic E-state index is 0. The van der Waals surface area contributed by atoms with Gasteiger partial charge in [0.15, 0.2) is 0 Å². The number of hydrogen-bond donors (Lipinski definition) is 8. The molecule has 0 aromatic heterocycles. The van der Waals surface area contributed by atoms with Gasteiger partial charge in [-0.05, 0) is 312 Å². The van der Waals surface area contributed by atoms with Gasteiger partial charge in [-0.25, -0.2) is 15.1 Å². The van der Waals surface area contributed by atoms with Gasteiger partial charge in [-0.15, -0.1) is 4.91 Å². The second-order valence-corrected chi connectivity index (χ2v) is 33.7. The number of carboxylic acids is 3. The number of hydrogen-bond acceptors (Lipinski definition) is 13. The van der Waals surface area contributed by atoms with E-state index in [0.29, 0.717) is 17.9 Å². The van der Waals surface area contributed by atoms with Gasteiger partial charge in [0.2, 0.25) is 0 Å². The molecule has 1 heterocycles. The molecule has 0 bridgehead atoms. The molecule has 130 heavy (non-hydrogen) atoms. The number of hydrazine groups is 1. The number of phenols is 1. The van der Waals surface area contributed by atoms with E-state index in [1.54, 1.807) is 43.1 Å². The van der Waals surface area contributed by atoms with Gasteiger partial charge in [0.25, 0.3) is 0 Å². The van der Waals surface area contributed by atoms with Gasteiger partial charge >= 0.3 is 53.6 Å². The molecule has 704 valence electrons. The Morgan fingerprint density at radius 3 is 1.24 bits per heavy atom. The van der Waals surface area contributed by atoms with Crippen LogP contribution in [-0.2, 0) is 50.3 Å². The smallest absolute Gasteiger partial charge is 0.507 e. The van der Waals surface area contributed by atoms with E-state index in [0.717, 1.165) is 81.9 Å². The molecule has 0 saturated carbocycles. The number of alkyl halides is 2. The van der Waals surface area contributed by atoms with Crippen LogP contribution in [0.2, 0.25) is 0 Å². The first-order valence-corrected chi connectivity index (χ1v) is 44.9. The number of aryl methyl sites for hydroxylation is 18. The summed E-state index contributed by atoms with van der Waals surface area (Å²) < 4.78 is 11.7. The standard InChI is InChI=1S/2C15H22O.C14H20.C10H11N.C10H12O2.C9H11Br.C9H10O2.C9H12O.C8H8O3.C5H9Br.C2H6.CO2.CH4.H2N5O.Na/c1-11-5-6-14(12(2)9-11)13-7-8-15(3,4)16-10-13;1-11(2)5-7-14(10-16)15-8-6-12(3)9-13(15)4;1-11(2)6-5-7-14-9-8-12(3)10-13(14)4;1-8-3-4-10(5-6-11)9(2)7-8;1-7-3-4-9(6-10(11)12)8(2)5-7;1-7-3-4-9(6-10)8(2)5-7;1-6-3-4-8(9(10)11)7(2)5-6;1-7-3-4-9(6-10)8(2)5-7;1-5-2-3-6(8(10)11)7(9)4-5;1-5(2)3-4-6;1-2;2-1-3;;1-2-3-4-5-6;/h5-6,9,13H,7-8,10H2,1-4H3;5-6,8-9,14,16H,7,10H2,1-4H3;6,8-10H,5,7H2,1-4H3;3-4,7H,5H2,1-2H3;3-5H,6H2,1-2H3,(H,11,12);3-5H,6H2,1-2H3;3-5H,1-2H3,(H,10,11);3-5,10H,6H2,1-2H3;2-4,9H,1H3,(H,10,11);3H,4H2,1-2H3;1-2H3;;1H4;(H2-,1,2,3,4,5,6);/q;;;;;;;;;;;;;-1;+1/i;;;;;;;;;;;;1D;;. The fraction of sp³-hybridized carbons (Fsp3) is 0.398. The second-order valence-electron chi connectivity index (χ2n) is 32.5. The van der Waals surface area contributed by atoms with Crippen LogP contribution < -0.4 is 40.6 Å². The van der Waals surface area contributed by atoms with Crippen LogP contribution in [0.4, 0.5) is 0 Å². The van der Waals surface area contributed by atoms with Crippen LogP contribution in [0.1, 0.15) is 270 Å². The number of aliphatic hydroxyl groups excluding tert-OH is 2. The first kappa shape index (κ1) is 126. The van der Waals surface area contributed by atoms with E-state index in [9.17, 15) is 19.5 Å². The zero-order valence-electron chi connectivity index (χ0n) is 84.0. The van der Waals surface area contributed by atoms with Crippen LogP contribution in [0.5, 0.6) is 5.75 Å².